The second-order valence-electron chi connectivity index (χ2n) is 12.1. The zero-order valence-electron chi connectivity index (χ0n) is 27.3. The largest absolute Gasteiger partial charge is 0.494 e. The number of benzene rings is 4. The van der Waals surface area contributed by atoms with Crippen molar-refractivity contribution in [1.29, 1.82) is 0 Å². The Hall–Kier alpha value is -4.15. The maximum atomic E-state index is 14.7. The molecule has 5 rings (SSSR count). The number of nitrogens with zero attached hydrogens (tertiary/aromatic N) is 2. The normalized spacial score (nSPS) is 13.9. The van der Waals surface area contributed by atoms with Crippen LogP contribution in [0.15, 0.2) is 112 Å². The first-order chi connectivity index (χ1) is 23.1. The molecular formula is C38H42BrN3O5S. The topological polar surface area (TPSA) is 96.0 Å². The molecule has 0 bridgehead atoms. The summed E-state index contributed by atoms with van der Waals surface area (Å²) in [5.41, 5.74) is 2.93. The number of hydrogen-bond acceptors (Lipinski definition) is 5. The molecule has 4 aromatic rings. The zero-order valence-corrected chi connectivity index (χ0v) is 29.8. The van der Waals surface area contributed by atoms with Crippen molar-refractivity contribution in [3.63, 3.8) is 0 Å². The number of anilines is 1. The number of carbonyl (C=O) groups excluding carboxylic acids is 2. The molecule has 0 unspecified atom stereocenters. The summed E-state index contributed by atoms with van der Waals surface area (Å²) in [5.74, 6) is -0.154. The van der Waals surface area contributed by atoms with Crippen LogP contribution in [0, 0.1) is 6.92 Å². The molecule has 252 valence electrons. The molecule has 1 N–H and O–H groups in total. The fourth-order valence-electron chi connectivity index (χ4n) is 5.95. The quantitative estimate of drug-likeness (QED) is 0.150. The molecule has 0 radical (unpaired) electrons. The van der Waals surface area contributed by atoms with Gasteiger partial charge in [-0.25, -0.2) is 8.42 Å². The lowest BCUT2D eigenvalue weighted by Crippen LogP contribution is -2.54. The molecule has 1 saturated carbocycles. The summed E-state index contributed by atoms with van der Waals surface area (Å²) in [4.78, 5) is 30.4. The smallest absolute Gasteiger partial charge is 0.264 e. The van der Waals surface area contributed by atoms with Crippen LogP contribution in [0.25, 0.3) is 0 Å². The van der Waals surface area contributed by atoms with E-state index < -0.39 is 28.5 Å². The molecule has 1 atom stereocenters. The first kappa shape index (κ1) is 35.2. The molecule has 1 aliphatic rings. The highest BCUT2D eigenvalue weighted by molar-refractivity contribution is 9.10. The van der Waals surface area contributed by atoms with Crippen LogP contribution < -0.4 is 14.4 Å². The summed E-state index contributed by atoms with van der Waals surface area (Å²) >= 11 is 3.48. The number of ether oxygens (including phenoxy) is 1. The Labute approximate surface area is 292 Å². The van der Waals surface area contributed by atoms with Crippen molar-refractivity contribution in [2.75, 3.05) is 17.5 Å². The first-order valence-corrected chi connectivity index (χ1v) is 18.6. The zero-order chi connectivity index (χ0) is 34.1. The lowest BCUT2D eigenvalue weighted by atomic mass is 10.0. The first-order valence-electron chi connectivity index (χ1n) is 16.3. The van der Waals surface area contributed by atoms with Crippen LogP contribution >= 0.6 is 15.9 Å². The highest BCUT2D eigenvalue weighted by Crippen LogP contribution is 2.28. The third kappa shape index (κ3) is 9.05. The van der Waals surface area contributed by atoms with Crippen LogP contribution in [-0.4, -0.2) is 50.4 Å². The van der Waals surface area contributed by atoms with E-state index in [1.165, 1.54) is 4.90 Å². The van der Waals surface area contributed by atoms with Crippen molar-refractivity contribution >= 4 is 43.5 Å². The number of halogens is 1. The standard InChI is InChI=1S/C38H42BrN3O5S/c1-3-47-34-21-19-33(20-22-34)42(48(45,46)35-23-13-28(2)14-24-35)27-37(43)41(26-30-15-17-31(39)18-16-30)36(25-29-9-5-4-6-10-29)38(44)40-32-11-7-8-12-32/h4-6,9-10,13-24,32,36H,3,7-8,11-12,25-27H2,1-2H3,(H,40,44)/t36-/m1/s1. The lowest BCUT2D eigenvalue weighted by Gasteiger charge is -2.34. The van der Waals surface area contributed by atoms with Crippen molar-refractivity contribution in [2.45, 2.75) is 69.5 Å². The molecule has 0 spiro atoms. The van der Waals surface area contributed by atoms with Crippen LogP contribution in [-0.2, 0) is 32.6 Å². The molecule has 10 heteroatoms. The van der Waals surface area contributed by atoms with Crippen molar-refractivity contribution in [3.05, 3.63) is 124 Å². The van der Waals surface area contributed by atoms with Crippen LogP contribution in [0.1, 0.15) is 49.3 Å². The van der Waals surface area contributed by atoms with E-state index in [4.69, 9.17) is 4.74 Å². The van der Waals surface area contributed by atoms with Gasteiger partial charge < -0.3 is 15.0 Å². The Balaban J connectivity index is 1.56. The van der Waals surface area contributed by atoms with Crippen LogP contribution in [0.2, 0.25) is 0 Å². The molecule has 1 fully saturated rings. The van der Waals surface area contributed by atoms with E-state index >= 15 is 0 Å². The fraction of sp³-hybridized carbons (Fsp3) is 0.316. The number of hydrogen-bond donors (Lipinski definition) is 1. The van der Waals surface area contributed by atoms with Crippen molar-refractivity contribution < 1.29 is 22.7 Å². The minimum absolute atomic E-state index is 0.0441. The van der Waals surface area contributed by atoms with Crippen molar-refractivity contribution in [2.24, 2.45) is 0 Å². The van der Waals surface area contributed by atoms with Gasteiger partial charge in [0.05, 0.1) is 17.2 Å². The molecular weight excluding hydrogens is 690 g/mol. The monoisotopic (exact) mass is 731 g/mol. The summed E-state index contributed by atoms with van der Waals surface area (Å²) in [6, 6.07) is 29.5. The Kier molecular flexibility index (Phi) is 11.9. The molecule has 4 aromatic carbocycles. The Morgan fingerprint density at radius 2 is 1.52 bits per heavy atom. The Morgan fingerprint density at radius 1 is 0.875 bits per heavy atom. The highest BCUT2D eigenvalue weighted by Gasteiger charge is 2.35. The van der Waals surface area contributed by atoms with Gasteiger partial charge in [-0.15, -0.1) is 0 Å². The Morgan fingerprint density at radius 3 is 2.15 bits per heavy atom. The second-order valence-corrected chi connectivity index (χ2v) is 14.9. The van der Waals surface area contributed by atoms with Gasteiger partial charge in [0, 0.05) is 23.5 Å². The average molecular weight is 733 g/mol. The summed E-state index contributed by atoms with van der Waals surface area (Å²) in [5, 5.41) is 3.21. The maximum absolute atomic E-state index is 14.7. The van der Waals surface area contributed by atoms with E-state index in [1.54, 1.807) is 48.5 Å². The molecule has 48 heavy (non-hydrogen) atoms. The van der Waals surface area contributed by atoms with Gasteiger partial charge in [-0.05, 0) is 86.3 Å². The third-order valence-electron chi connectivity index (χ3n) is 8.56. The lowest BCUT2D eigenvalue weighted by molar-refractivity contribution is -0.140. The number of sulfonamides is 1. The molecule has 0 heterocycles. The number of aryl methyl sites for hydroxylation is 1. The van der Waals surface area contributed by atoms with Crippen molar-refractivity contribution in [1.82, 2.24) is 10.2 Å². The molecule has 0 saturated heterocycles. The maximum Gasteiger partial charge on any atom is 0.264 e. The molecule has 2 amide bonds. The van der Waals surface area contributed by atoms with Gasteiger partial charge in [0.1, 0.15) is 18.3 Å². The SMILES string of the molecule is CCOc1ccc(N(CC(=O)N(Cc2ccc(Br)cc2)[C@H](Cc2ccccc2)C(=O)NC2CCCC2)S(=O)(=O)c2ccc(C)cc2)cc1. The molecule has 0 aromatic heterocycles. The van der Waals surface area contributed by atoms with E-state index in [1.807, 2.05) is 68.4 Å². The summed E-state index contributed by atoms with van der Waals surface area (Å²) in [6.07, 6.45) is 4.15. The van der Waals surface area contributed by atoms with E-state index in [0.717, 1.165) is 51.2 Å². The fourth-order valence-corrected chi connectivity index (χ4v) is 7.63. The van der Waals surface area contributed by atoms with Gasteiger partial charge in [-0.3, -0.25) is 13.9 Å². The predicted molar refractivity (Wildman–Crippen MR) is 192 cm³/mol. The average Bonchev–Trinajstić information content (AvgIpc) is 3.60. The summed E-state index contributed by atoms with van der Waals surface area (Å²) in [6.45, 7) is 3.81. The van der Waals surface area contributed by atoms with Crippen LogP contribution in [0.5, 0.6) is 5.75 Å². The predicted octanol–water partition coefficient (Wildman–Crippen LogP) is 7.05. The minimum Gasteiger partial charge on any atom is -0.494 e. The highest BCUT2D eigenvalue weighted by atomic mass is 79.9. The third-order valence-corrected chi connectivity index (χ3v) is 10.9. The van der Waals surface area contributed by atoms with Crippen LogP contribution in [0.3, 0.4) is 0 Å². The summed E-state index contributed by atoms with van der Waals surface area (Å²) in [7, 11) is -4.19. The van der Waals surface area contributed by atoms with Crippen molar-refractivity contribution in [3.8, 4) is 5.75 Å². The number of amides is 2. The van der Waals surface area contributed by atoms with E-state index in [2.05, 4.69) is 21.2 Å². The van der Waals surface area contributed by atoms with Gasteiger partial charge in [0.2, 0.25) is 11.8 Å². The number of carbonyl (C=O) groups is 2. The molecule has 8 nitrogen and oxygen atoms in total. The van der Waals surface area contributed by atoms with Gasteiger partial charge in [-0.1, -0.05) is 88.9 Å². The Bertz CT molecular complexity index is 1760. The minimum atomic E-state index is -4.19. The number of rotatable bonds is 14. The summed E-state index contributed by atoms with van der Waals surface area (Å²) < 4.78 is 36.1. The van der Waals surface area contributed by atoms with Gasteiger partial charge in [-0.2, -0.15) is 0 Å². The van der Waals surface area contributed by atoms with E-state index in [0.29, 0.717) is 18.0 Å². The van der Waals surface area contributed by atoms with E-state index in [9.17, 15) is 18.0 Å². The van der Waals surface area contributed by atoms with E-state index in [-0.39, 0.29) is 29.8 Å². The van der Waals surface area contributed by atoms with Gasteiger partial charge in [0.25, 0.3) is 10.0 Å². The number of nitrogens with one attached hydrogen (secondary N) is 1. The van der Waals surface area contributed by atoms with Crippen LogP contribution in [0.4, 0.5) is 5.69 Å². The van der Waals surface area contributed by atoms with Gasteiger partial charge >= 0.3 is 0 Å². The molecule has 0 aliphatic heterocycles. The molecule has 1 aliphatic carbocycles. The van der Waals surface area contributed by atoms with Gasteiger partial charge in [0.15, 0.2) is 0 Å². The second kappa shape index (κ2) is 16.3.